The standard InChI is InChI=1S/C21H18O/c22-20-12-11-17-13-18(15-7-3-1-4-8-15)14-19(21(17)20)16-9-5-2-6-10-16/h1-10,13-14,17,21H,11-12H2/t17-,21-/m0/s1. The Bertz CT molecular complexity index is 753. The van der Waals surface area contributed by atoms with Crippen LogP contribution in [0.3, 0.4) is 0 Å². The van der Waals surface area contributed by atoms with E-state index < -0.39 is 0 Å². The third kappa shape index (κ3) is 2.23. The largest absolute Gasteiger partial charge is 0.299 e. The number of benzene rings is 2. The summed E-state index contributed by atoms with van der Waals surface area (Å²) in [6, 6.07) is 20.8. The van der Waals surface area contributed by atoms with E-state index in [1.54, 1.807) is 0 Å². The Morgan fingerprint density at radius 1 is 0.818 bits per heavy atom. The van der Waals surface area contributed by atoms with Gasteiger partial charge in [0.15, 0.2) is 0 Å². The third-order valence-electron chi connectivity index (χ3n) is 4.75. The van der Waals surface area contributed by atoms with Crippen molar-refractivity contribution in [2.45, 2.75) is 12.8 Å². The van der Waals surface area contributed by atoms with Gasteiger partial charge in [-0.3, -0.25) is 4.79 Å². The Morgan fingerprint density at radius 3 is 2.14 bits per heavy atom. The zero-order chi connectivity index (χ0) is 14.9. The summed E-state index contributed by atoms with van der Waals surface area (Å²) in [5.41, 5.74) is 4.84. The maximum atomic E-state index is 12.4. The van der Waals surface area contributed by atoms with Crippen molar-refractivity contribution >= 4 is 16.9 Å². The third-order valence-corrected chi connectivity index (χ3v) is 4.75. The van der Waals surface area contributed by atoms with Gasteiger partial charge in [-0.25, -0.2) is 0 Å². The smallest absolute Gasteiger partial charge is 0.140 e. The highest BCUT2D eigenvalue weighted by molar-refractivity contribution is 6.00. The van der Waals surface area contributed by atoms with Gasteiger partial charge in [-0.2, -0.15) is 0 Å². The molecule has 1 fully saturated rings. The second-order valence-electron chi connectivity index (χ2n) is 6.10. The summed E-state index contributed by atoms with van der Waals surface area (Å²) in [5.74, 6) is 0.793. The second kappa shape index (κ2) is 5.42. The number of hydrogen-bond acceptors (Lipinski definition) is 1. The number of Topliss-reactive ketones (excluding diaryl/α,β-unsaturated/α-hetero) is 1. The Morgan fingerprint density at radius 2 is 1.45 bits per heavy atom. The number of allylic oxidation sites excluding steroid dienone is 4. The molecule has 2 aliphatic rings. The summed E-state index contributed by atoms with van der Waals surface area (Å²) >= 11 is 0. The van der Waals surface area contributed by atoms with Crippen molar-refractivity contribution in [3.05, 3.63) is 83.9 Å². The molecule has 0 N–H and O–H groups in total. The van der Waals surface area contributed by atoms with E-state index in [2.05, 4.69) is 48.6 Å². The quantitative estimate of drug-likeness (QED) is 0.777. The van der Waals surface area contributed by atoms with Crippen LogP contribution in [0.4, 0.5) is 0 Å². The van der Waals surface area contributed by atoms with Crippen LogP contribution in [-0.4, -0.2) is 5.78 Å². The molecule has 2 aromatic carbocycles. The highest BCUT2D eigenvalue weighted by atomic mass is 16.1. The summed E-state index contributed by atoms with van der Waals surface area (Å²) < 4.78 is 0. The first kappa shape index (κ1) is 13.3. The van der Waals surface area contributed by atoms with E-state index in [1.165, 1.54) is 22.3 Å². The van der Waals surface area contributed by atoms with Gasteiger partial charge >= 0.3 is 0 Å². The molecule has 1 nitrogen and oxygen atoms in total. The number of rotatable bonds is 2. The van der Waals surface area contributed by atoms with Gasteiger partial charge in [-0.15, -0.1) is 0 Å². The van der Waals surface area contributed by atoms with Crippen molar-refractivity contribution in [1.29, 1.82) is 0 Å². The summed E-state index contributed by atoms with van der Waals surface area (Å²) in [6.45, 7) is 0. The van der Waals surface area contributed by atoms with Gasteiger partial charge in [-0.05, 0) is 34.6 Å². The molecule has 0 heterocycles. The summed E-state index contributed by atoms with van der Waals surface area (Å²) in [4.78, 5) is 12.4. The van der Waals surface area contributed by atoms with Gasteiger partial charge in [0, 0.05) is 12.3 Å². The molecule has 0 amide bonds. The highest BCUT2D eigenvalue weighted by Gasteiger charge is 2.38. The van der Waals surface area contributed by atoms with Crippen LogP contribution in [0.15, 0.2) is 72.8 Å². The van der Waals surface area contributed by atoms with E-state index in [4.69, 9.17) is 0 Å². The average molecular weight is 286 g/mol. The molecule has 2 aliphatic carbocycles. The molecule has 0 bridgehead atoms. The van der Waals surface area contributed by atoms with Crippen LogP contribution in [0.5, 0.6) is 0 Å². The number of fused-ring (bicyclic) bond motifs is 1. The fourth-order valence-corrected chi connectivity index (χ4v) is 3.69. The minimum Gasteiger partial charge on any atom is -0.299 e. The Hall–Kier alpha value is -2.41. The van der Waals surface area contributed by atoms with Gasteiger partial charge in [0.2, 0.25) is 0 Å². The van der Waals surface area contributed by atoms with Crippen molar-refractivity contribution in [2.24, 2.45) is 11.8 Å². The Balaban J connectivity index is 1.84. The summed E-state index contributed by atoms with van der Waals surface area (Å²) in [7, 11) is 0. The number of carbonyl (C=O) groups is 1. The maximum Gasteiger partial charge on any atom is 0.140 e. The Labute approximate surface area is 131 Å². The fourth-order valence-electron chi connectivity index (χ4n) is 3.69. The molecule has 0 aromatic heterocycles. The van der Waals surface area contributed by atoms with E-state index in [-0.39, 0.29) is 5.92 Å². The fraction of sp³-hybridized carbons (Fsp3) is 0.190. The van der Waals surface area contributed by atoms with Crippen LogP contribution in [0.1, 0.15) is 24.0 Å². The molecular weight excluding hydrogens is 268 g/mol. The molecule has 0 unspecified atom stereocenters. The maximum absolute atomic E-state index is 12.4. The topological polar surface area (TPSA) is 17.1 Å². The van der Waals surface area contributed by atoms with E-state index in [0.29, 0.717) is 18.1 Å². The van der Waals surface area contributed by atoms with E-state index >= 15 is 0 Å². The molecule has 0 aliphatic heterocycles. The zero-order valence-electron chi connectivity index (χ0n) is 12.4. The van der Waals surface area contributed by atoms with E-state index in [0.717, 1.165) is 6.42 Å². The van der Waals surface area contributed by atoms with Crippen molar-refractivity contribution in [3.63, 3.8) is 0 Å². The van der Waals surface area contributed by atoms with Crippen LogP contribution in [-0.2, 0) is 4.79 Å². The molecule has 108 valence electrons. The summed E-state index contributed by atoms with van der Waals surface area (Å²) in [5, 5.41) is 0. The average Bonchev–Trinajstić information content (AvgIpc) is 2.97. The molecule has 1 saturated carbocycles. The van der Waals surface area contributed by atoms with Gasteiger partial charge in [-0.1, -0.05) is 72.8 Å². The highest BCUT2D eigenvalue weighted by Crippen LogP contribution is 2.45. The lowest BCUT2D eigenvalue weighted by Crippen LogP contribution is -2.18. The molecule has 1 heteroatoms. The monoisotopic (exact) mass is 286 g/mol. The van der Waals surface area contributed by atoms with Crippen molar-refractivity contribution in [2.75, 3.05) is 0 Å². The van der Waals surface area contributed by atoms with Crippen molar-refractivity contribution < 1.29 is 4.79 Å². The molecule has 0 saturated heterocycles. The molecule has 22 heavy (non-hydrogen) atoms. The predicted octanol–water partition coefficient (Wildman–Crippen LogP) is 4.76. The number of carbonyl (C=O) groups excluding carboxylic acids is 1. The zero-order valence-corrected chi connectivity index (χ0v) is 12.4. The normalized spacial score (nSPS) is 23.7. The molecule has 2 atom stereocenters. The lowest BCUT2D eigenvalue weighted by Gasteiger charge is -2.25. The minimum atomic E-state index is 0.0508. The van der Waals surface area contributed by atoms with Crippen LogP contribution in [0.25, 0.3) is 11.1 Å². The van der Waals surface area contributed by atoms with Crippen LogP contribution < -0.4 is 0 Å². The SMILES string of the molecule is O=C1CC[C@H]2C=C(c3ccccc3)C=C(c3ccccc3)[C@@H]12. The molecule has 4 rings (SSSR count). The molecule has 0 spiro atoms. The van der Waals surface area contributed by atoms with E-state index in [1.807, 2.05) is 24.3 Å². The van der Waals surface area contributed by atoms with Crippen LogP contribution in [0, 0.1) is 11.8 Å². The van der Waals surface area contributed by atoms with Crippen LogP contribution >= 0.6 is 0 Å². The lowest BCUT2D eigenvalue weighted by molar-refractivity contribution is -0.119. The molecular formula is C21H18O. The lowest BCUT2D eigenvalue weighted by atomic mass is 9.77. The van der Waals surface area contributed by atoms with Crippen molar-refractivity contribution in [3.8, 4) is 0 Å². The first-order valence-corrected chi connectivity index (χ1v) is 7.90. The molecule has 2 aromatic rings. The van der Waals surface area contributed by atoms with E-state index in [9.17, 15) is 4.79 Å². The van der Waals surface area contributed by atoms with Crippen LogP contribution in [0.2, 0.25) is 0 Å². The predicted molar refractivity (Wildman–Crippen MR) is 90.1 cm³/mol. The van der Waals surface area contributed by atoms with Gasteiger partial charge in [0.05, 0.1) is 0 Å². The first-order chi connectivity index (χ1) is 10.8. The van der Waals surface area contributed by atoms with Gasteiger partial charge in [0.25, 0.3) is 0 Å². The molecule has 0 radical (unpaired) electrons. The first-order valence-electron chi connectivity index (χ1n) is 7.90. The van der Waals surface area contributed by atoms with Gasteiger partial charge in [0.1, 0.15) is 5.78 Å². The van der Waals surface area contributed by atoms with Gasteiger partial charge < -0.3 is 0 Å². The second-order valence-corrected chi connectivity index (χ2v) is 6.10. The van der Waals surface area contributed by atoms with Crippen molar-refractivity contribution in [1.82, 2.24) is 0 Å². The number of hydrogen-bond donors (Lipinski definition) is 0. The Kier molecular flexibility index (Phi) is 3.27. The minimum absolute atomic E-state index is 0.0508. The number of ketones is 1. The summed E-state index contributed by atoms with van der Waals surface area (Å²) in [6.07, 6.45) is 6.20.